The molecule has 2 nitrogen and oxygen atoms in total. The molecule has 1 aliphatic heterocycles. The lowest BCUT2D eigenvalue weighted by Gasteiger charge is -2.19. The highest BCUT2D eigenvalue weighted by atomic mass is 35.5. The third-order valence-corrected chi connectivity index (χ3v) is 2.01. The van der Waals surface area contributed by atoms with Crippen molar-refractivity contribution in [3.8, 4) is 5.75 Å². The molecule has 0 atom stereocenters. The molecule has 0 bridgehead atoms. The average molecular weight is 188 g/mol. The van der Waals surface area contributed by atoms with Gasteiger partial charge in [-0.25, -0.2) is 4.39 Å². The van der Waals surface area contributed by atoms with E-state index in [1.807, 2.05) is 0 Å². The zero-order valence-corrected chi connectivity index (χ0v) is 6.99. The maximum Gasteiger partial charge on any atom is 0.168 e. The molecule has 0 saturated heterocycles. The van der Waals surface area contributed by atoms with Crippen molar-refractivity contribution in [3.05, 3.63) is 23.0 Å². The molecule has 0 amide bonds. The van der Waals surface area contributed by atoms with E-state index in [2.05, 4.69) is 5.32 Å². The fourth-order valence-corrected chi connectivity index (χ4v) is 1.31. The summed E-state index contributed by atoms with van der Waals surface area (Å²) in [6.45, 7) is 1.18. The zero-order chi connectivity index (χ0) is 8.55. The molecule has 0 spiro atoms. The summed E-state index contributed by atoms with van der Waals surface area (Å²) in [5.74, 6) is 0.0945. The van der Waals surface area contributed by atoms with E-state index in [4.69, 9.17) is 16.3 Å². The van der Waals surface area contributed by atoms with Crippen LogP contribution in [0, 0.1) is 5.82 Å². The monoisotopic (exact) mass is 187 g/mol. The summed E-state index contributed by atoms with van der Waals surface area (Å²) in [5.41, 5.74) is 0.369. The van der Waals surface area contributed by atoms with Crippen molar-refractivity contribution in [3.63, 3.8) is 0 Å². The minimum atomic E-state index is -0.436. The van der Waals surface area contributed by atoms with E-state index in [1.165, 1.54) is 6.07 Å². The number of ether oxygens (including phenoxy) is 1. The van der Waals surface area contributed by atoms with E-state index in [0.29, 0.717) is 24.6 Å². The third-order valence-electron chi connectivity index (χ3n) is 1.72. The van der Waals surface area contributed by atoms with Gasteiger partial charge in [0.25, 0.3) is 0 Å². The maximum atomic E-state index is 13.2. The van der Waals surface area contributed by atoms with Gasteiger partial charge in [0.2, 0.25) is 0 Å². The fourth-order valence-electron chi connectivity index (χ4n) is 1.15. The molecule has 2 rings (SSSR count). The Bertz CT molecular complexity index is 316. The van der Waals surface area contributed by atoms with Crippen LogP contribution in [0.25, 0.3) is 0 Å². The Hall–Kier alpha value is -0.960. The number of hydrogen-bond donors (Lipinski definition) is 1. The fraction of sp³-hybridized carbons (Fsp3) is 0.250. The Labute approximate surface area is 74.3 Å². The number of benzene rings is 1. The number of halogens is 2. The molecule has 0 aliphatic carbocycles. The average Bonchev–Trinajstić information content (AvgIpc) is 2.12. The molecule has 0 saturated carbocycles. The minimum Gasteiger partial charge on any atom is -0.489 e. The van der Waals surface area contributed by atoms with Gasteiger partial charge in [-0.1, -0.05) is 11.6 Å². The number of anilines is 1. The zero-order valence-electron chi connectivity index (χ0n) is 6.23. The number of nitrogens with one attached hydrogen (secondary N) is 1. The molecule has 1 aromatic rings. The second-order valence-electron chi connectivity index (χ2n) is 2.51. The molecule has 4 heteroatoms. The highest BCUT2D eigenvalue weighted by Crippen LogP contribution is 2.33. The molecule has 0 aromatic heterocycles. The van der Waals surface area contributed by atoms with Crippen molar-refractivity contribution in [2.75, 3.05) is 18.5 Å². The quantitative estimate of drug-likeness (QED) is 0.673. The summed E-state index contributed by atoms with van der Waals surface area (Å²) in [6.07, 6.45) is 0. The molecular weight excluding hydrogens is 181 g/mol. The Morgan fingerprint density at radius 2 is 2.33 bits per heavy atom. The van der Waals surface area contributed by atoms with Gasteiger partial charge in [-0.05, 0) is 12.1 Å². The smallest absolute Gasteiger partial charge is 0.168 e. The van der Waals surface area contributed by atoms with E-state index in [9.17, 15) is 4.39 Å². The molecule has 12 heavy (non-hydrogen) atoms. The topological polar surface area (TPSA) is 21.3 Å². The van der Waals surface area contributed by atoms with Crippen LogP contribution in [0.2, 0.25) is 5.02 Å². The summed E-state index contributed by atoms with van der Waals surface area (Å²) in [7, 11) is 0. The lowest BCUT2D eigenvalue weighted by Crippen LogP contribution is -2.19. The lowest BCUT2D eigenvalue weighted by molar-refractivity contribution is 0.321. The molecule has 0 fully saturated rings. The van der Waals surface area contributed by atoms with Gasteiger partial charge in [-0.2, -0.15) is 0 Å². The number of hydrogen-bond acceptors (Lipinski definition) is 2. The summed E-state index contributed by atoms with van der Waals surface area (Å²) in [6, 6.07) is 3.15. The second kappa shape index (κ2) is 2.83. The Morgan fingerprint density at radius 1 is 1.50 bits per heavy atom. The number of rotatable bonds is 0. The van der Waals surface area contributed by atoms with Crippen molar-refractivity contribution in [1.29, 1.82) is 0 Å². The van der Waals surface area contributed by atoms with Crippen LogP contribution in [0.3, 0.4) is 0 Å². The van der Waals surface area contributed by atoms with Gasteiger partial charge in [0, 0.05) is 6.54 Å². The lowest BCUT2D eigenvalue weighted by atomic mass is 10.2. The van der Waals surface area contributed by atoms with Crippen LogP contribution in [0.5, 0.6) is 5.75 Å². The Balaban J connectivity index is 2.54. The third kappa shape index (κ3) is 1.10. The summed E-state index contributed by atoms with van der Waals surface area (Å²) in [5, 5.41) is 3.00. The van der Waals surface area contributed by atoms with E-state index < -0.39 is 5.82 Å². The van der Waals surface area contributed by atoms with Gasteiger partial charge in [-0.15, -0.1) is 0 Å². The van der Waals surface area contributed by atoms with Crippen molar-refractivity contribution in [2.45, 2.75) is 0 Å². The van der Waals surface area contributed by atoms with Crippen molar-refractivity contribution < 1.29 is 9.13 Å². The SMILES string of the molecule is Fc1c(Cl)ccc2c1NCCO2. The summed E-state index contributed by atoms with van der Waals surface area (Å²) >= 11 is 5.58. The highest BCUT2D eigenvalue weighted by Gasteiger charge is 2.15. The summed E-state index contributed by atoms with van der Waals surface area (Å²) < 4.78 is 18.4. The Kier molecular flexibility index (Phi) is 1.81. The minimum absolute atomic E-state index is 0.117. The Morgan fingerprint density at radius 3 is 3.17 bits per heavy atom. The predicted molar refractivity (Wildman–Crippen MR) is 45.4 cm³/mol. The van der Waals surface area contributed by atoms with Crippen molar-refractivity contribution in [1.82, 2.24) is 0 Å². The molecular formula is C8H7ClFNO. The molecule has 64 valence electrons. The van der Waals surface area contributed by atoms with Crippen LogP contribution < -0.4 is 10.1 Å². The van der Waals surface area contributed by atoms with Gasteiger partial charge in [0.1, 0.15) is 18.0 Å². The van der Waals surface area contributed by atoms with Crippen molar-refractivity contribution >= 4 is 17.3 Å². The molecule has 1 heterocycles. The van der Waals surface area contributed by atoms with Crippen LogP contribution in [-0.4, -0.2) is 13.2 Å². The van der Waals surface area contributed by atoms with E-state index in [1.54, 1.807) is 6.07 Å². The van der Waals surface area contributed by atoms with Crippen LogP contribution in [-0.2, 0) is 0 Å². The molecule has 0 unspecified atom stereocenters. The first-order valence-electron chi connectivity index (χ1n) is 3.64. The highest BCUT2D eigenvalue weighted by molar-refractivity contribution is 6.31. The first-order valence-corrected chi connectivity index (χ1v) is 4.01. The van der Waals surface area contributed by atoms with Gasteiger partial charge in [-0.3, -0.25) is 0 Å². The van der Waals surface area contributed by atoms with Gasteiger partial charge >= 0.3 is 0 Å². The first-order chi connectivity index (χ1) is 5.79. The van der Waals surface area contributed by atoms with Crippen LogP contribution >= 0.6 is 11.6 Å². The second-order valence-corrected chi connectivity index (χ2v) is 2.92. The standard InChI is InChI=1S/C8H7ClFNO/c9-5-1-2-6-8(7(5)10)11-3-4-12-6/h1-2,11H,3-4H2. The first kappa shape index (κ1) is 7.68. The van der Waals surface area contributed by atoms with Gasteiger partial charge in [0.05, 0.1) is 5.02 Å². The molecule has 1 aromatic carbocycles. The molecule has 0 radical (unpaired) electrons. The van der Waals surface area contributed by atoms with Crippen LogP contribution in [0.15, 0.2) is 12.1 Å². The molecule has 1 aliphatic rings. The number of fused-ring (bicyclic) bond motifs is 1. The van der Waals surface area contributed by atoms with E-state index in [0.717, 1.165) is 0 Å². The van der Waals surface area contributed by atoms with E-state index in [-0.39, 0.29) is 5.02 Å². The molecule has 1 N–H and O–H groups in total. The predicted octanol–water partition coefficient (Wildman–Crippen LogP) is 2.28. The van der Waals surface area contributed by atoms with E-state index >= 15 is 0 Å². The maximum absolute atomic E-state index is 13.2. The largest absolute Gasteiger partial charge is 0.489 e. The van der Waals surface area contributed by atoms with Crippen molar-refractivity contribution in [2.24, 2.45) is 0 Å². The van der Waals surface area contributed by atoms with Crippen LogP contribution in [0.4, 0.5) is 10.1 Å². The van der Waals surface area contributed by atoms with Gasteiger partial charge in [0.15, 0.2) is 5.82 Å². The summed E-state index contributed by atoms with van der Waals surface area (Å²) in [4.78, 5) is 0. The normalized spacial score (nSPS) is 14.5. The van der Waals surface area contributed by atoms with Crippen LogP contribution in [0.1, 0.15) is 0 Å². The van der Waals surface area contributed by atoms with Gasteiger partial charge < -0.3 is 10.1 Å².